The Labute approximate surface area is 84.3 Å². The van der Waals surface area contributed by atoms with Gasteiger partial charge in [0, 0.05) is 13.0 Å². The molecule has 2 N–H and O–H groups in total. The standard InChI is InChI=1S/C9H8F2N2O2/c1-5(14)12-13-9(15)7-3-2-6(10)4-8(7)11/h2-4H,1H3,(H,12,14)(H,13,15). The van der Waals surface area contributed by atoms with Gasteiger partial charge in [-0.1, -0.05) is 0 Å². The van der Waals surface area contributed by atoms with E-state index >= 15 is 0 Å². The normalized spacial score (nSPS) is 9.53. The van der Waals surface area contributed by atoms with E-state index in [2.05, 4.69) is 0 Å². The number of benzene rings is 1. The summed E-state index contributed by atoms with van der Waals surface area (Å²) in [6.07, 6.45) is 0. The topological polar surface area (TPSA) is 58.2 Å². The molecule has 0 saturated heterocycles. The minimum Gasteiger partial charge on any atom is -0.274 e. The first-order valence-electron chi connectivity index (χ1n) is 4.02. The van der Waals surface area contributed by atoms with Crippen molar-refractivity contribution in [2.45, 2.75) is 6.92 Å². The van der Waals surface area contributed by atoms with Crippen molar-refractivity contribution in [3.05, 3.63) is 35.4 Å². The van der Waals surface area contributed by atoms with Crippen LogP contribution in [0.4, 0.5) is 8.78 Å². The van der Waals surface area contributed by atoms with Crippen LogP contribution >= 0.6 is 0 Å². The summed E-state index contributed by atoms with van der Waals surface area (Å²) < 4.78 is 25.5. The summed E-state index contributed by atoms with van der Waals surface area (Å²) in [7, 11) is 0. The van der Waals surface area contributed by atoms with Crippen LogP contribution in [0.3, 0.4) is 0 Å². The third-order valence-corrected chi connectivity index (χ3v) is 1.53. The maximum Gasteiger partial charge on any atom is 0.272 e. The second-order valence-electron chi connectivity index (χ2n) is 2.76. The molecule has 1 aromatic carbocycles. The fourth-order valence-electron chi connectivity index (χ4n) is 0.886. The van der Waals surface area contributed by atoms with Crippen LogP contribution in [-0.4, -0.2) is 11.8 Å². The van der Waals surface area contributed by atoms with Crippen molar-refractivity contribution in [2.24, 2.45) is 0 Å². The minimum absolute atomic E-state index is 0.342. The molecule has 1 aromatic rings. The van der Waals surface area contributed by atoms with Crippen molar-refractivity contribution in [2.75, 3.05) is 0 Å². The van der Waals surface area contributed by atoms with Gasteiger partial charge in [-0.05, 0) is 12.1 Å². The van der Waals surface area contributed by atoms with Gasteiger partial charge in [-0.25, -0.2) is 8.78 Å². The molecule has 80 valence electrons. The molecular weight excluding hydrogens is 206 g/mol. The molecule has 0 saturated carbocycles. The molecule has 0 unspecified atom stereocenters. The first kappa shape index (κ1) is 11.1. The van der Waals surface area contributed by atoms with Crippen LogP contribution in [0, 0.1) is 11.6 Å². The highest BCUT2D eigenvalue weighted by Gasteiger charge is 2.11. The highest BCUT2D eigenvalue weighted by atomic mass is 19.1. The van der Waals surface area contributed by atoms with Crippen molar-refractivity contribution < 1.29 is 18.4 Å². The molecule has 2 amide bonds. The molecule has 1 rings (SSSR count). The average Bonchev–Trinajstić information content (AvgIpc) is 2.14. The summed E-state index contributed by atoms with van der Waals surface area (Å²) >= 11 is 0. The Morgan fingerprint density at radius 1 is 1.20 bits per heavy atom. The van der Waals surface area contributed by atoms with Crippen molar-refractivity contribution >= 4 is 11.8 Å². The smallest absolute Gasteiger partial charge is 0.272 e. The van der Waals surface area contributed by atoms with Gasteiger partial charge in [0.1, 0.15) is 11.6 Å². The van der Waals surface area contributed by atoms with E-state index in [0.29, 0.717) is 6.07 Å². The van der Waals surface area contributed by atoms with Gasteiger partial charge in [0.2, 0.25) is 5.91 Å². The van der Waals surface area contributed by atoms with Gasteiger partial charge in [-0.2, -0.15) is 0 Å². The number of hydrazine groups is 1. The van der Waals surface area contributed by atoms with E-state index in [1.165, 1.54) is 6.92 Å². The van der Waals surface area contributed by atoms with Crippen molar-refractivity contribution in [3.8, 4) is 0 Å². The van der Waals surface area contributed by atoms with Crippen molar-refractivity contribution in [3.63, 3.8) is 0 Å². The summed E-state index contributed by atoms with van der Waals surface area (Å²) in [5.41, 5.74) is 3.60. The maximum atomic E-state index is 13.0. The van der Waals surface area contributed by atoms with Gasteiger partial charge in [-0.15, -0.1) is 0 Å². The Bertz CT molecular complexity index is 407. The second-order valence-corrected chi connectivity index (χ2v) is 2.76. The van der Waals surface area contributed by atoms with E-state index in [9.17, 15) is 18.4 Å². The Kier molecular flexibility index (Phi) is 3.33. The molecular formula is C9H8F2N2O2. The number of amides is 2. The van der Waals surface area contributed by atoms with Gasteiger partial charge < -0.3 is 0 Å². The van der Waals surface area contributed by atoms with Gasteiger partial charge in [-0.3, -0.25) is 20.4 Å². The molecule has 0 fully saturated rings. The molecule has 6 heteroatoms. The highest BCUT2D eigenvalue weighted by molar-refractivity contribution is 5.95. The molecule has 0 aliphatic heterocycles. The van der Waals surface area contributed by atoms with Crippen LogP contribution in [0.15, 0.2) is 18.2 Å². The van der Waals surface area contributed by atoms with Crippen LogP contribution in [0.2, 0.25) is 0 Å². The first-order valence-corrected chi connectivity index (χ1v) is 4.02. The number of carbonyl (C=O) groups is 2. The van der Waals surface area contributed by atoms with Crippen LogP contribution in [-0.2, 0) is 4.79 Å². The van der Waals surface area contributed by atoms with E-state index in [0.717, 1.165) is 12.1 Å². The van der Waals surface area contributed by atoms with Crippen LogP contribution in [0.25, 0.3) is 0 Å². The second kappa shape index (κ2) is 4.50. The van der Waals surface area contributed by atoms with Crippen molar-refractivity contribution in [1.29, 1.82) is 0 Å². The highest BCUT2D eigenvalue weighted by Crippen LogP contribution is 2.08. The third-order valence-electron chi connectivity index (χ3n) is 1.53. The SMILES string of the molecule is CC(=O)NNC(=O)c1ccc(F)cc1F. The zero-order valence-corrected chi connectivity index (χ0v) is 7.80. The fourth-order valence-corrected chi connectivity index (χ4v) is 0.886. The van der Waals surface area contributed by atoms with Gasteiger partial charge >= 0.3 is 0 Å². The summed E-state index contributed by atoms with van der Waals surface area (Å²) in [6.45, 7) is 1.18. The molecule has 0 atom stereocenters. The maximum absolute atomic E-state index is 13.0. The Hall–Kier alpha value is -1.98. The predicted octanol–water partition coefficient (Wildman–Crippen LogP) is 0.746. The summed E-state index contributed by atoms with van der Waals surface area (Å²) in [5, 5.41) is 0. The average molecular weight is 214 g/mol. The molecule has 0 heterocycles. The Balaban J connectivity index is 2.78. The predicted molar refractivity (Wildman–Crippen MR) is 47.6 cm³/mol. The van der Waals surface area contributed by atoms with Crippen LogP contribution in [0.5, 0.6) is 0 Å². The number of nitrogens with one attached hydrogen (secondary N) is 2. The lowest BCUT2D eigenvalue weighted by Gasteiger charge is -2.05. The van der Waals surface area contributed by atoms with E-state index in [1.807, 2.05) is 10.9 Å². The summed E-state index contributed by atoms with van der Waals surface area (Å²) in [6, 6.07) is 2.52. The number of halogens is 2. The molecule has 0 aromatic heterocycles. The Morgan fingerprint density at radius 3 is 2.40 bits per heavy atom. The summed E-state index contributed by atoms with van der Waals surface area (Å²) in [4.78, 5) is 21.6. The molecule has 0 spiro atoms. The van der Waals surface area contributed by atoms with Crippen molar-refractivity contribution in [1.82, 2.24) is 10.9 Å². The molecule has 0 bridgehead atoms. The largest absolute Gasteiger partial charge is 0.274 e. The molecule has 4 nitrogen and oxygen atoms in total. The zero-order valence-electron chi connectivity index (χ0n) is 7.80. The Morgan fingerprint density at radius 2 is 1.87 bits per heavy atom. The minimum atomic E-state index is -0.988. The van der Waals surface area contributed by atoms with Gasteiger partial charge in [0.25, 0.3) is 5.91 Å². The molecule has 0 aliphatic carbocycles. The van der Waals surface area contributed by atoms with E-state index in [1.54, 1.807) is 0 Å². The first-order chi connectivity index (χ1) is 7.00. The number of carbonyl (C=O) groups excluding carboxylic acids is 2. The lowest BCUT2D eigenvalue weighted by Crippen LogP contribution is -2.40. The monoisotopic (exact) mass is 214 g/mol. The zero-order chi connectivity index (χ0) is 11.4. The summed E-state index contributed by atoms with van der Waals surface area (Å²) in [5.74, 6) is -3.10. The number of hydrogen-bond acceptors (Lipinski definition) is 2. The van der Waals surface area contributed by atoms with Crippen LogP contribution in [0.1, 0.15) is 17.3 Å². The van der Waals surface area contributed by atoms with Crippen LogP contribution < -0.4 is 10.9 Å². The van der Waals surface area contributed by atoms with E-state index < -0.39 is 23.4 Å². The quantitative estimate of drug-likeness (QED) is 0.677. The lowest BCUT2D eigenvalue weighted by molar-refractivity contribution is -0.119. The van der Waals surface area contributed by atoms with E-state index in [4.69, 9.17) is 0 Å². The number of rotatable bonds is 1. The lowest BCUT2D eigenvalue weighted by atomic mass is 10.2. The molecule has 0 radical (unpaired) electrons. The third kappa shape index (κ3) is 3.01. The fraction of sp³-hybridized carbons (Fsp3) is 0.111. The molecule has 0 aliphatic rings. The van der Waals surface area contributed by atoms with Gasteiger partial charge in [0.15, 0.2) is 0 Å². The number of hydrogen-bond donors (Lipinski definition) is 2. The van der Waals surface area contributed by atoms with E-state index in [-0.39, 0.29) is 5.56 Å². The molecule has 15 heavy (non-hydrogen) atoms. The van der Waals surface area contributed by atoms with Gasteiger partial charge in [0.05, 0.1) is 5.56 Å².